The van der Waals surface area contributed by atoms with Crippen LogP contribution in [-0.4, -0.2) is 23.0 Å². The molecule has 126 valence electrons. The van der Waals surface area contributed by atoms with Gasteiger partial charge in [-0.15, -0.1) is 0 Å². The minimum atomic E-state index is -1.11. The Labute approximate surface area is 157 Å². The Bertz CT molecular complexity index is 781. The lowest BCUT2D eigenvalue weighted by Gasteiger charge is -2.14. The number of nitrogens with zero attached hydrogens (tertiary/aromatic N) is 1. The van der Waals surface area contributed by atoms with Crippen LogP contribution < -0.4 is 5.32 Å². The third kappa shape index (κ3) is 4.51. The van der Waals surface area contributed by atoms with Gasteiger partial charge in [0.1, 0.15) is 5.82 Å². The van der Waals surface area contributed by atoms with E-state index >= 15 is 0 Å². The van der Waals surface area contributed by atoms with Crippen LogP contribution in [0.2, 0.25) is 20.1 Å². The molecule has 0 saturated heterocycles. The van der Waals surface area contributed by atoms with Crippen LogP contribution >= 0.6 is 46.4 Å². The molecule has 2 aromatic rings. The first-order valence-corrected chi connectivity index (χ1v) is 8.07. The second-order valence-corrected chi connectivity index (χ2v) is 6.25. The SMILES string of the molecule is CC(OC(=O)c1c(Cl)ccc(Cl)c1Cl)C(=O)Nc1ccc(Cl)cn1. The summed E-state index contributed by atoms with van der Waals surface area (Å²) in [5.74, 6) is -1.17. The number of hydrogen-bond donors (Lipinski definition) is 1. The van der Waals surface area contributed by atoms with Gasteiger partial charge in [-0.3, -0.25) is 4.79 Å². The number of amides is 1. The number of rotatable bonds is 4. The largest absolute Gasteiger partial charge is 0.449 e. The van der Waals surface area contributed by atoms with Gasteiger partial charge in [0.05, 0.1) is 25.7 Å². The summed E-state index contributed by atoms with van der Waals surface area (Å²) in [5, 5.41) is 3.10. The number of nitrogens with one attached hydrogen (secondary N) is 1. The van der Waals surface area contributed by atoms with Crippen molar-refractivity contribution in [3.63, 3.8) is 0 Å². The van der Waals surface area contributed by atoms with Crippen molar-refractivity contribution in [2.45, 2.75) is 13.0 Å². The first-order chi connectivity index (χ1) is 11.3. The summed E-state index contributed by atoms with van der Waals surface area (Å²) in [6.07, 6.45) is 0.264. The standard InChI is InChI=1S/C15H10Cl4N2O3/c1-7(14(22)21-11-5-2-8(16)6-20-11)24-15(23)12-9(17)3-4-10(18)13(12)19/h2-7H,1H3,(H,20,21,22). The van der Waals surface area contributed by atoms with Gasteiger partial charge < -0.3 is 10.1 Å². The zero-order valence-electron chi connectivity index (χ0n) is 12.1. The van der Waals surface area contributed by atoms with E-state index in [4.69, 9.17) is 51.1 Å². The number of esters is 1. The molecule has 1 aromatic heterocycles. The smallest absolute Gasteiger partial charge is 0.342 e. The van der Waals surface area contributed by atoms with E-state index in [2.05, 4.69) is 10.3 Å². The van der Waals surface area contributed by atoms with Crippen molar-refractivity contribution in [1.82, 2.24) is 4.98 Å². The highest BCUT2D eigenvalue weighted by molar-refractivity contribution is 6.46. The van der Waals surface area contributed by atoms with Gasteiger partial charge in [-0.1, -0.05) is 46.4 Å². The maximum atomic E-state index is 12.2. The number of carbonyl (C=O) groups excluding carboxylic acids is 2. The van der Waals surface area contributed by atoms with E-state index in [9.17, 15) is 9.59 Å². The monoisotopic (exact) mass is 406 g/mol. The first-order valence-electron chi connectivity index (χ1n) is 6.56. The molecule has 5 nitrogen and oxygen atoms in total. The van der Waals surface area contributed by atoms with Crippen molar-refractivity contribution < 1.29 is 14.3 Å². The van der Waals surface area contributed by atoms with Crippen LogP contribution in [0.4, 0.5) is 5.82 Å². The number of anilines is 1. The van der Waals surface area contributed by atoms with E-state index in [-0.39, 0.29) is 26.4 Å². The number of hydrogen-bond acceptors (Lipinski definition) is 4. The molecule has 0 radical (unpaired) electrons. The molecule has 9 heteroatoms. The fourth-order valence-electron chi connectivity index (χ4n) is 1.66. The third-order valence-electron chi connectivity index (χ3n) is 2.88. The molecule has 0 spiro atoms. The fourth-order valence-corrected chi connectivity index (χ4v) is 2.46. The van der Waals surface area contributed by atoms with Crippen molar-refractivity contribution in [2.24, 2.45) is 0 Å². The topological polar surface area (TPSA) is 68.3 Å². The van der Waals surface area contributed by atoms with Crippen LogP contribution in [0.1, 0.15) is 17.3 Å². The average Bonchev–Trinajstić information content (AvgIpc) is 2.53. The predicted octanol–water partition coefficient (Wildman–Crippen LogP) is 4.88. The van der Waals surface area contributed by atoms with Crippen molar-refractivity contribution in [3.05, 3.63) is 56.1 Å². The number of aromatic nitrogens is 1. The summed E-state index contributed by atoms with van der Waals surface area (Å²) in [7, 11) is 0. The van der Waals surface area contributed by atoms with Gasteiger partial charge in [-0.2, -0.15) is 0 Å². The predicted molar refractivity (Wildman–Crippen MR) is 94.2 cm³/mol. The Kier molecular flexibility index (Phi) is 6.29. The Morgan fingerprint density at radius 2 is 1.75 bits per heavy atom. The summed E-state index contributed by atoms with van der Waals surface area (Å²) < 4.78 is 5.08. The van der Waals surface area contributed by atoms with Gasteiger partial charge in [0.15, 0.2) is 6.10 Å². The molecule has 2 rings (SSSR count). The van der Waals surface area contributed by atoms with Crippen LogP contribution in [0.15, 0.2) is 30.5 Å². The summed E-state index contributed by atoms with van der Waals surface area (Å²) in [4.78, 5) is 28.1. The molecular weight excluding hydrogens is 398 g/mol. The van der Waals surface area contributed by atoms with Crippen LogP contribution in [0.3, 0.4) is 0 Å². The molecule has 0 fully saturated rings. The molecule has 1 N–H and O–H groups in total. The minimum absolute atomic E-state index is 0.0406. The fraction of sp³-hybridized carbons (Fsp3) is 0.133. The van der Waals surface area contributed by atoms with Crippen molar-refractivity contribution in [1.29, 1.82) is 0 Å². The Morgan fingerprint density at radius 1 is 1.08 bits per heavy atom. The maximum Gasteiger partial charge on any atom is 0.342 e. The summed E-state index contributed by atoms with van der Waals surface area (Å²) in [5.41, 5.74) is -0.102. The van der Waals surface area contributed by atoms with E-state index in [1.165, 1.54) is 31.3 Å². The maximum absolute atomic E-state index is 12.2. The first kappa shape index (κ1) is 18.8. The lowest BCUT2D eigenvalue weighted by molar-refractivity contribution is -0.123. The summed E-state index contributed by atoms with van der Waals surface area (Å²) in [6, 6.07) is 5.94. The molecule has 1 atom stereocenters. The van der Waals surface area contributed by atoms with E-state index in [1.807, 2.05) is 0 Å². The summed E-state index contributed by atoms with van der Waals surface area (Å²) >= 11 is 23.5. The Morgan fingerprint density at radius 3 is 2.38 bits per heavy atom. The van der Waals surface area contributed by atoms with Crippen molar-refractivity contribution >= 4 is 64.1 Å². The molecule has 1 amide bonds. The van der Waals surface area contributed by atoms with Gasteiger partial charge in [0.2, 0.25) is 0 Å². The molecule has 0 aliphatic carbocycles. The van der Waals surface area contributed by atoms with Gasteiger partial charge in [-0.25, -0.2) is 9.78 Å². The summed E-state index contributed by atoms with van der Waals surface area (Å²) in [6.45, 7) is 1.40. The average molecular weight is 408 g/mol. The van der Waals surface area contributed by atoms with Gasteiger partial charge >= 0.3 is 5.97 Å². The van der Waals surface area contributed by atoms with E-state index in [0.29, 0.717) is 5.02 Å². The number of benzene rings is 1. The number of ether oxygens (including phenoxy) is 1. The highest BCUT2D eigenvalue weighted by Gasteiger charge is 2.24. The zero-order chi connectivity index (χ0) is 17.9. The molecule has 0 bridgehead atoms. The Hall–Kier alpha value is -1.53. The number of halogens is 4. The normalized spacial score (nSPS) is 11.7. The Balaban J connectivity index is 2.07. The second kappa shape index (κ2) is 8.03. The zero-order valence-corrected chi connectivity index (χ0v) is 15.2. The van der Waals surface area contributed by atoms with Crippen LogP contribution in [0.25, 0.3) is 0 Å². The molecule has 1 unspecified atom stereocenters. The van der Waals surface area contributed by atoms with Crippen LogP contribution in [0.5, 0.6) is 0 Å². The minimum Gasteiger partial charge on any atom is -0.449 e. The van der Waals surface area contributed by atoms with Crippen LogP contribution in [0, 0.1) is 0 Å². The molecular formula is C15H10Cl4N2O3. The highest BCUT2D eigenvalue weighted by Crippen LogP contribution is 2.32. The van der Waals surface area contributed by atoms with E-state index < -0.39 is 18.0 Å². The van der Waals surface area contributed by atoms with Gasteiger partial charge in [0.25, 0.3) is 5.91 Å². The molecule has 0 aliphatic heterocycles. The molecule has 1 aromatic carbocycles. The van der Waals surface area contributed by atoms with Crippen molar-refractivity contribution in [3.8, 4) is 0 Å². The molecule has 0 aliphatic rings. The number of pyridine rings is 1. The number of carbonyl (C=O) groups is 2. The van der Waals surface area contributed by atoms with Crippen molar-refractivity contribution in [2.75, 3.05) is 5.32 Å². The quantitative estimate of drug-likeness (QED) is 0.579. The lowest BCUT2D eigenvalue weighted by atomic mass is 10.2. The molecule has 0 saturated carbocycles. The second-order valence-electron chi connectivity index (χ2n) is 4.62. The van der Waals surface area contributed by atoms with E-state index in [1.54, 1.807) is 6.07 Å². The lowest BCUT2D eigenvalue weighted by Crippen LogP contribution is -2.30. The third-order valence-corrected chi connectivity index (χ3v) is 4.22. The molecule has 1 heterocycles. The van der Waals surface area contributed by atoms with Gasteiger partial charge in [-0.05, 0) is 31.2 Å². The highest BCUT2D eigenvalue weighted by atomic mass is 35.5. The van der Waals surface area contributed by atoms with E-state index in [0.717, 1.165) is 0 Å². The molecule has 24 heavy (non-hydrogen) atoms. The van der Waals surface area contributed by atoms with Gasteiger partial charge in [0, 0.05) is 6.20 Å². The van der Waals surface area contributed by atoms with Crippen LogP contribution in [-0.2, 0) is 9.53 Å².